The normalized spacial score (nSPS) is 18.0. The number of rotatable bonds is 5. The van der Waals surface area contributed by atoms with Gasteiger partial charge in [-0.15, -0.1) is 0 Å². The fourth-order valence-electron chi connectivity index (χ4n) is 3.60. The van der Waals surface area contributed by atoms with Crippen LogP contribution in [-0.4, -0.2) is 47.0 Å². The average molecular weight is 406 g/mol. The number of carbonyl (C=O) groups excluding carboxylic acids is 5. The lowest BCUT2D eigenvalue weighted by Gasteiger charge is -2.20. The molecule has 0 fully saturated rings. The van der Waals surface area contributed by atoms with E-state index in [4.69, 9.17) is 4.74 Å². The Morgan fingerprint density at radius 1 is 1.07 bits per heavy atom. The Bertz CT molecular complexity index is 1090. The van der Waals surface area contributed by atoms with E-state index >= 15 is 0 Å². The smallest absolute Gasteiger partial charge is 0.329 e. The van der Waals surface area contributed by atoms with Crippen LogP contribution in [0.3, 0.4) is 0 Å². The molecule has 2 aromatic carbocycles. The lowest BCUT2D eigenvalue weighted by Crippen LogP contribution is -2.44. The molecule has 1 N–H and O–H groups in total. The van der Waals surface area contributed by atoms with E-state index in [0.29, 0.717) is 16.8 Å². The van der Waals surface area contributed by atoms with E-state index in [2.05, 4.69) is 5.32 Å². The van der Waals surface area contributed by atoms with Crippen molar-refractivity contribution in [3.63, 3.8) is 0 Å². The van der Waals surface area contributed by atoms with E-state index < -0.39 is 36.2 Å². The van der Waals surface area contributed by atoms with Crippen LogP contribution in [0, 0.1) is 0 Å². The lowest BCUT2D eigenvalue weighted by atomic mass is 9.99. The van der Waals surface area contributed by atoms with Gasteiger partial charge in [0, 0.05) is 11.3 Å². The monoisotopic (exact) mass is 406 g/mol. The number of nitrogens with one attached hydrogen (secondary N) is 1. The van der Waals surface area contributed by atoms with Crippen molar-refractivity contribution in [1.82, 2.24) is 4.90 Å². The molecular formula is C22H18N2O6. The molecule has 3 amide bonds. The van der Waals surface area contributed by atoms with Gasteiger partial charge in [0.25, 0.3) is 11.8 Å². The van der Waals surface area contributed by atoms with Crippen molar-refractivity contribution < 1.29 is 28.7 Å². The number of anilines is 1. The van der Waals surface area contributed by atoms with Crippen LogP contribution in [0.5, 0.6) is 0 Å². The highest BCUT2D eigenvalue weighted by Gasteiger charge is 2.41. The Balaban J connectivity index is 1.42. The minimum Gasteiger partial charge on any atom is -0.456 e. The Morgan fingerprint density at radius 3 is 2.33 bits per heavy atom. The predicted molar refractivity (Wildman–Crippen MR) is 105 cm³/mol. The molecule has 2 aliphatic heterocycles. The van der Waals surface area contributed by atoms with Gasteiger partial charge in [-0.25, -0.2) is 4.79 Å². The van der Waals surface area contributed by atoms with Crippen molar-refractivity contribution in [1.29, 1.82) is 0 Å². The third-order valence-electron chi connectivity index (χ3n) is 5.39. The summed E-state index contributed by atoms with van der Waals surface area (Å²) in [5, 5.41) is 2.72. The number of amides is 3. The molecule has 152 valence electrons. The maximum atomic E-state index is 12.5. The van der Waals surface area contributed by atoms with Gasteiger partial charge in [0.1, 0.15) is 6.04 Å². The van der Waals surface area contributed by atoms with E-state index in [9.17, 15) is 24.0 Å². The standard InChI is InChI=1S/C22H18N2O6/c1-11-16-9-13(7-8-17(16)23-19(11)26)18(25)10-30-22(29)12(2)24-20(27)14-5-3-4-6-15(14)21(24)28/h3-9,11-12H,10H2,1-2H3,(H,23,26)/t11-,12+/m0/s1. The largest absolute Gasteiger partial charge is 0.456 e. The van der Waals surface area contributed by atoms with Crippen molar-refractivity contribution in [3.8, 4) is 0 Å². The van der Waals surface area contributed by atoms with E-state index in [1.165, 1.54) is 19.1 Å². The third kappa shape index (κ3) is 3.06. The number of Topliss-reactive ketones (excluding diaryl/α,β-unsaturated/α-hetero) is 1. The zero-order valence-corrected chi connectivity index (χ0v) is 16.3. The molecule has 2 aliphatic rings. The zero-order valence-electron chi connectivity index (χ0n) is 16.3. The zero-order chi connectivity index (χ0) is 21.6. The van der Waals surface area contributed by atoms with Crippen LogP contribution in [0.25, 0.3) is 0 Å². The number of nitrogens with zero attached hydrogens (tertiary/aromatic N) is 1. The molecule has 2 heterocycles. The molecule has 0 bridgehead atoms. The summed E-state index contributed by atoms with van der Waals surface area (Å²) in [7, 11) is 0. The Labute approximate surface area is 171 Å². The van der Waals surface area contributed by atoms with Gasteiger partial charge in [0.2, 0.25) is 5.91 Å². The summed E-state index contributed by atoms with van der Waals surface area (Å²) in [6.07, 6.45) is 0. The van der Waals surface area contributed by atoms with E-state index in [1.807, 2.05) is 0 Å². The van der Waals surface area contributed by atoms with Gasteiger partial charge in [-0.3, -0.25) is 24.1 Å². The minimum atomic E-state index is -1.17. The van der Waals surface area contributed by atoms with Gasteiger partial charge in [0.05, 0.1) is 17.0 Å². The van der Waals surface area contributed by atoms with Crippen molar-refractivity contribution in [2.24, 2.45) is 0 Å². The minimum absolute atomic E-state index is 0.143. The fourth-order valence-corrected chi connectivity index (χ4v) is 3.60. The SMILES string of the molecule is C[C@@H]1C(=O)Nc2ccc(C(=O)COC(=O)[C@@H](C)N3C(=O)c4ccccc4C3=O)cc21. The Morgan fingerprint density at radius 2 is 1.70 bits per heavy atom. The molecule has 30 heavy (non-hydrogen) atoms. The van der Waals surface area contributed by atoms with Gasteiger partial charge in [0.15, 0.2) is 12.4 Å². The molecule has 0 spiro atoms. The topological polar surface area (TPSA) is 110 Å². The molecule has 2 atom stereocenters. The second-order valence-corrected chi connectivity index (χ2v) is 7.25. The average Bonchev–Trinajstić information content (AvgIpc) is 3.18. The van der Waals surface area contributed by atoms with Crippen LogP contribution in [0.4, 0.5) is 5.69 Å². The first kappa shape index (κ1) is 19.5. The van der Waals surface area contributed by atoms with Gasteiger partial charge >= 0.3 is 5.97 Å². The summed E-state index contributed by atoms with van der Waals surface area (Å²) in [6.45, 7) is 2.57. The first-order chi connectivity index (χ1) is 14.3. The van der Waals surface area contributed by atoms with Crippen LogP contribution in [0.2, 0.25) is 0 Å². The number of imide groups is 1. The second kappa shape index (κ2) is 7.22. The van der Waals surface area contributed by atoms with Gasteiger partial charge in [-0.05, 0) is 49.7 Å². The van der Waals surface area contributed by atoms with Crippen molar-refractivity contribution in [2.75, 3.05) is 11.9 Å². The summed E-state index contributed by atoms with van der Waals surface area (Å²) in [6, 6.07) is 9.91. The van der Waals surface area contributed by atoms with Crippen LogP contribution in [0.1, 0.15) is 56.4 Å². The molecule has 0 radical (unpaired) electrons. The molecule has 8 heteroatoms. The van der Waals surface area contributed by atoms with E-state index in [1.54, 1.807) is 37.3 Å². The highest BCUT2D eigenvalue weighted by molar-refractivity contribution is 6.22. The third-order valence-corrected chi connectivity index (χ3v) is 5.39. The Hall–Kier alpha value is -3.81. The number of ether oxygens (including phenoxy) is 1. The summed E-state index contributed by atoms with van der Waals surface area (Å²) in [5.41, 5.74) is 2.12. The number of hydrogen-bond acceptors (Lipinski definition) is 6. The number of hydrogen-bond donors (Lipinski definition) is 1. The molecule has 0 aliphatic carbocycles. The number of benzene rings is 2. The van der Waals surface area contributed by atoms with Crippen molar-refractivity contribution >= 4 is 35.2 Å². The molecular weight excluding hydrogens is 388 g/mol. The predicted octanol–water partition coefficient (Wildman–Crippen LogP) is 2.15. The summed E-state index contributed by atoms with van der Waals surface area (Å²) < 4.78 is 5.08. The van der Waals surface area contributed by atoms with Crippen LogP contribution in [-0.2, 0) is 14.3 Å². The maximum absolute atomic E-state index is 12.5. The highest BCUT2D eigenvalue weighted by Crippen LogP contribution is 2.32. The maximum Gasteiger partial charge on any atom is 0.329 e. The van der Waals surface area contributed by atoms with Gasteiger partial charge < -0.3 is 10.1 Å². The first-order valence-corrected chi connectivity index (χ1v) is 9.41. The molecule has 0 unspecified atom stereocenters. The molecule has 2 aromatic rings. The molecule has 0 saturated carbocycles. The fraction of sp³-hybridized carbons (Fsp3) is 0.227. The van der Waals surface area contributed by atoms with Crippen molar-refractivity contribution in [2.45, 2.75) is 25.8 Å². The Kier molecular flexibility index (Phi) is 4.69. The van der Waals surface area contributed by atoms with Crippen LogP contribution < -0.4 is 5.32 Å². The lowest BCUT2D eigenvalue weighted by molar-refractivity contribution is -0.146. The van der Waals surface area contributed by atoms with Crippen LogP contribution >= 0.6 is 0 Å². The van der Waals surface area contributed by atoms with Crippen LogP contribution in [0.15, 0.2) is 42.5 Å². The number of fused-ring (bicyclic) bond motifs is 2. The molecule has 8 nitrogen and oxygen atoms in total. The van der Waals surface area contributed by atoms with E-state index in [0.717, 1.165) is 4.90 Å². The number of carbonyl (C=O) groups is 5. The molecule has 0 saturated heterocycles. The van der Waals surface area contributed by atoms with Gasteiger partial charge in [-0.1, -0.05) is 12.1 Å². The summed E-state index contributed by atoms with van der Waals surface area (Å²) in [4.78, 5) is 62.4. The quantitative estimate of drug-likeness (QED) is 0.463. The number of ketones is 1. The summed E-state index contributed by atoms with van der Waals surface area (Å²) in [5.74, 6) is -2.97. The number of esters is 1. The van der Waals surface area contributed by atoms with Gasteiger partial charge in [-0.2, -0.15) is 0 Å². The highest BCUT2D eigenvalue weighted by atomic mass is 16.5. The van der Waals surface area contributed by atoms with E-state index in [-0.39, 0.29) is 23.0 Å². The molecule has 0 aromatic heterocycles. The molecule has 4 rings (SSSR count). The summed E-state index contributed by atoms with van der Waals surface area (Å²) >= 11 is 0. The van der Waals surface area contributed by atoms with Crippen molar-refractivity contribution in [3.05, 3.63) is 64.7 Å². The second-order valence-electron chi connectivity index (χ2n) is 7.25. The first-order valence-electron chi connectivity index (χ1n) is 9.41.